The van der Waals surface area contributed by atoms with E-state index >= 15 is 0 Å². The maximum Gasteiger partial charge on any atom is 0.302 e. The first-order chi connectivity index (χ1) is 12.3. The maximum absolute atomic E-state index is 11.5. The van der Waals surface area contributed by atoms with Crippen LogP contribution in [0, 0.1) is 28.6 Å². The molecule has 0 amide bonds. The van der Waals surface area contributed by atoms with Gasteiger partial charge in [0, 0.05) is 28.8 Å². The van der Waals surface area contributed by atoms with Crippen molar-refractivity contribution in [1.29, 1.82) is 0 Å². The molecule has 0 heterocycles. The van der Waals surface area contributed by atoms with E-state index in [1.807, 2.05) is 0 Å². The quantitative estimate of drug-likeness (QED) is 0.344. The van der Waals surface area contributed by atoms with E-state index in [4.69, 9.17) is 4.74 Å². The Bertz CT molecular complexity index is 708. The van der Waals surface area contributed by atoms with Gasteiger partial charge in [0.25, 0.3) is 0 Å². The number of hydrogen-bond donors (Lipinski definition) is 0. The van der Waals surface area contributed by atoms with E-state index in [9.17, 15) is 9.59 Å². The van der Waals surface area contributed by atoms with Crippen LogP contribution in [0.15, 0.2) is 21.7 Å². The van der Waals surface area contributed by atoms with Crippen LogP contribution in [-0.2, 0) is 14.3 Å². The van der Waals surface area contributed by atoms with Crippen LogP contribution in [0.25, 0.3) is 0 Å². The van der Waals surface area contributed by atoms with Crippen molar-refractivity contribution in [1.82, 2.24) is 0 Å². The largest absolute Gasteiger partial charge is 0.462 e. The molecule has 0 aromatic heterocycles. The molecule has 0 aliphatic heterocycles. The van der Waals surface area contributed by atoms with E-state index in [-0.39, 0.29) is 22.9 Å². The lowest BCUT2D eigenvalue weighted by Gasteiger charge is -2.57. The first kappa shape index (κ1) is 18.5. The van der Waals surface area contributed by atoms with Gasteiger partial charge in [-0.1, -0.05) is 41.4 Å². The van der Waals surface area contributed by atoms with Gasteiger partial charge < -0.3 is 4.74 Å². The van der Waals surface area contributed by atoms with Gasteiger partial charge in [-0.15, -0.1) is 0 Å². The fourth-order valence-corrected chi connectivity index (χ4v) is 7.47. The van der Waals surface area contributed by atoms with Crippen LogP contribution in [0.2, 0.25) is 0 Å². The molecule has 0 bridgehead atoms. The fraction of sp³-hybridized carbons (Fsp3) is 0.727. The molecule has 0 saturated heterocycles. The highest BCUT2D eigenvalue weighted by molar-refractivity contribution is 9.11. The summed E-state index contributed by atoms with van der Waals surface area (Å²) < 4.78 is 6.69. The van der Waals surface area contributed by atoms with Crippen LogP contribution in [0.3, 0.4) is 0 Å². The van der Waals surface area contributed by atoms with Gasteiger partial charge in [-0.05, 0) is 61.7 Å². The van der Waals surface area contributed by atoms with Crippen molar-refractivity contribution < 1.29 is 14.3 Å². The van der Waals surface area contributed by atoms with Crippen LogP contribution in [0.4, 0.5) is 0 Å². The Hall–Kier alpha value is -0.900. The lowest BCUT2D eigenvalue weighted by molar-refractivity contribution is -0.148. The van der Waals surface area contributed by atoms with E-state index < -0.39 is 0 Å². The van der Waals surface area contributed by atoms with E-state index in [1.165, 1.54) is 23.4 Å². The fourth-order valence-electron chi connectivity index (χ4n) is 6.73. The smallest absolute Gasteiger partial charge is 0.302 e. The Labute approximate surface area is 164 Å². The van der Waals surface area contributed by atoms with Crippen molar-refractivity contribution in [3.05, 3.63) is 21.7 Å². The third kappa shape index (κ3) is 2.58. The molecule has 3 nitrogen and oxygen atoms in total. The zero-order valence-electron chi connectivity index (χ0n) is 16.0. The summed E-state index contributed by atoms with van der Waals surface area (Å²) in [6.07, 6.45) is 11.0. The molecule has 0 spiro atoms. The summed E-state index contributed by atoms with van der Waals surface area (Å²) in [6.45, 7) is 6.31. The average Bonchev–Trinajstić information content (AvgIpc) is 2.86. The predicted octanol–water partition coefficient (Wildman–Crippen LogP) is 5.34. The maximum atomic E-state index is 11.5. The van der Waals surface area contributed by atoms with Crippen molar-refractivity contribution in [2.45, 2.75) is 71.8 Å². The molecule has 4 heteroatoms. The van der Waals surface area contributed by atoms with Gasteiger partial charge >= 0.3 is 5.97 Å². The summed E-state index contributed by atoms with van der Waals surface area (Å²) >= 11 is 3.78. The van der Waals surface area contributed by atoms with Crippen LogP contribution >= 0.6 is 15.9 Å². The average molecular weight is 421 g/mol. The molecule has 4 aliphatic rings. The molecule has 2 fully saturated rings. The predicted molar refractivity (Wildman–Crippen MR) is 105 cm³/mol. The molecular formula is C22H29BrO3. The number of carbonyl (C=O) groups excluding carboxylic acids is 2. The number of esters is 1. The molecule has 4 rings (SSSR count). The Morgan fingerprint density at radius 1 is 1.19 bits per heavy atom. The number of rotatable bonds is 2. The second-order valence-electron chi connectivity index (χ2n) is 9.35. The van der Waals surface area contributed by atoms with Gasteiger partial charge in [-0.3, -0.25) is 9.59 Å². The molecule has 6 atom stereocenters. The van der Waals surface area contributed by atoms with Gasteiger partial charge in [0.05, 0.1) is 0 Å². The second-order valence-corrected chi connectivity index (χ2v) is 10.1. The third-order valence-electron chi connectivity index (χ3n) is 8.15. The highest BCUT2D eigenvalue weighted by Gasteiger charge is 2.57. The minimum absolute atomic E-state index is 0.0567. The molecule has 142 valence electrons. The number of allylic oxidation sites excluding steroid dienone is 3. The van der Waals surface area contributed by atoms with Gasteiger partial charge in [0.1, 0.15) is 12.4 Å². The number of ether oxygens (including phenoxy) is 1. The van der Waals surface area contributed by atoms with Crippen LogP contribution < -0.4 is 0 Å². The summed E-state index contributed by atoms with van der Waals surface area (Å²) in [5.41, 5.74) is 2.86. The summed E-state index contributed by atoms with van der Waals surface area (Å²) in [6, 6.07) is 0. The van der Waals surface area contributed by atoms with Crippen LogP contribution in [0.1, 0.15) is 65.7 Å². The molecule has 2 saturated carbocycles. The Kier molecular flexibility index (Phi) is 4.49. The molecule has 0 aromatic rings. The number of aldehydes is 1. The topological polar surface area (TPSA) is 43.4 Å². The first-order valence-corrected chi connectivity index (χ1v) is 10.8. The number of fused-ring (bicyclic) bond motifs is 5. The third-order valence-corrected chi connectivity index (χ3v) is 9.56. The molecule has 4 aliphatic carbocycles. The first-order valence-electron chi connectivity index (χ1n) is 10.0. The van der Waals surface area contributed by atoms with Crippen molar-refractivity contribution in [3.63, 3.8) is 0 Å². The van der Waals surface area contributed by atoms with Crippen LogP contribution in [0.5, 0.6) is 0 Å². The van der Waals surface area contributed by atoms with E-state index in [1.54, 1.807) is 0 Å². The van der Waals surface area contributed by atoms with E-state index in [2.05, 4.69) is 35.9 Å². The zero-order valence-corrected chi connectivity index (χ0v) is 17.6. The number of halogens is 1. The molecule has 0 radical (unpaired) electrons. The van der Waals surface area contributed by atoms with Gasteiger partial charge in [-0.2, -0.15) is 0 Å². The van der Waals surface area contributed by atoms with E-state index in [0.717, 1.165) is 50.4 Å². The molecule has 3 unspecified atom stereocenters. The van der Waals surface area contributed by atoms with Gasteiger partial charge in [0.2, 0.25) is 0 Å². The summed E-state index contributed by atoms with van der Waals surface area (Å²) in [5.74, 6) is 1.74. The standard InChI is InChI=1S/C22H29BrO3/c1-13(25)26-16-6-8-21(2)15(11-16)4-5-17-18(21)7-9-22(3)19(17)10-14(12-24)20(22)23/h4,12,16-19H,5-11H2,1-3H3/t16-,17?,18?,19?,21-,22-/m0/s1. The highest BCUT2D eigenvalue weighted by Crippen LogP contribution is 2.66. The highest BCUT2D eigenvalue weighted by atomic mass is 79.9. The normalized spacial score (nSPS) is 44.5. The Balaban J connectivity index is 1.61. The summed E-state index contributed by atoms with van der Waals surface area (Å²) in [4.78, 5) is 22.9. The lowest BCUT2D eigenvalue weighted by atomic mass is 9.48. The van der Waals surface area contributed by atoms with E-state index in [0.29, 0.717) is 17.8 Å². The minimum atomic E-state index is -0.162. The summed E-state index contributed by atoms with van der Waals surface area (Å²) in [7, 11) is 0. The molecule has 26 heavy (non-hydrogen) atoms. The Morgan fingerprint density at radius 3 is 2.62 bits per heavy atom. The van der Waals surface area contributed by atoms with Crippen molar-refractivity contribution in [2.24, 2.45) is 28.6 Å². The Morgan fingerprint density at radius 2 is 1.92 bits per heavy atom. The lowest BCUT2D eigenvalue weighted by Crippen LogP contribution is -2.50. The molecule has 0 aromatic carbocycles. The van der Waals surface area contributed by atoms with Crippen LogP contribution in [-0.4, -0.2) is 18.4 Å². The van der Waals surface area contributed by atoms with Crippen molar-refractivity contribution >= 4 is 28.2 Å². The minimum Gasteiger partial charge on any atom is -0.462 e. The van der Waals surface area contributed by atoms with Crippen molar-refractivity contribution in [3.8, 4) is 0 Å². The summed E-state index contributed by atoms with van der Waals surface area (Å²) in [5, 5.41) is 0. The number of carbonyl (C=O) groups is 2. The number of hydrogen-bond acceptors (Lipinski definition) is 3. The molecular weight excluding hydrogens is 392 g/mol. The van der Waals surface area contributed by atoms with Gasteiger partial charge in [-0.25, -0.2) is 0 Å². The zero-order chi connectivity index (χ0) is 18.7. The molecule has 0 N–H and O–H groups in total. The van der Waals surface area contributed by atoms with Crippen molar-refractivity contribution in [2.75, 3.05) is 0 Å². The SMILES string of the molecule is CC(=O)O[C@H]1CC[C@@]2(C)C(=CCC3C2CC[C@]2(C)C(Br)=C(C=O)CC32)C1. The van der Waals surface area contributed by atoms with Gasteiger partial charge in [0.15, 0.2) is 0 Å². The monoisotopic (exact) mass is 420 g/mol. The second kappa shape index (κ2) is 6.32.